The van der Waals surface area contributed by atoms with Crippen LogP contribution < -0.4 is 6.15 Å². The molecule has 0 unspecified atom stereocenters. The number of halogens is 7. The van der Waals surface area contributed by atoms with Gasteiger partial charge in [-0.2, -0.15) is 39.2 Å². The fraction of sp³-hybridized carbons (Fsp3) is 1.00. The van der Waals surface area contributed by atoms with Gasteiger partial charge in [0.25, 0.3) is 0 Å². The molecular weight excluding hydrogens is 299 g/mol. The van der Waals surface area contributed by atoms with Crippen molar-refractivity contribution >= 4 is 10.1 Å². The van der Waals surface area contributed by atoms with Gasteiger partial charge in [-0.1, -0.05) is 0 Å². The van der Waals surface area contributed by atoms with Gasteiger partial charge < -0.3 is 6.15 Å². The lowest BCUT2D eigenvalue weighted by atomic mass is 10.1. The van der Waals surface area contributed by atoms with Gasteiger partial charge in [0.15, 0.2) is 0 Å². The highest BCUT2D eigenvalue weighted by atomic mass is 32.2. The molecule has 0 aliphatic carbocycles. The summed E-state index contributed by atoms with van der Waals surface area (Å²) < 4.78 is 113. The third-order valence-corrected chi connectivity index (χ3v) is 2.65. The van der Waals surface area contributed by atoms with E-state index in [2.05, 4.69) is 0 Å². The fourth-order valence-corrected chi connectivity index (χ4v) is 1.32. The monoisotopic (exact) mass is 309 g/mol. The molecule has 0 rings (SSSR count). The van der Waals surface area contributed by atoms with Crippen molar-refractivity contribution in [3.63, 3.8) is 0 Å². The van der Waals surface area contributed by atoms with Gasteiger partial charge in [-0.05, 0) is 6.42 Å². The zero-order valence-electron chi connectivity index (χ0n) is 8.65. The summed E-state index contributed by atoms with van der Waals surface area (Å²) in [6, 6.07) is 0. The minimum Gasteiger partial charge on any atom is -0.344 e. The van der Waals surface area contributed by atoms with Crippen LogP contribution in [0.3, 0.4) is 0 Å². The van der Waals surface area contributed by atoms with E-state index in [-0.39, 0.29) is 6.15 Å². The molecule has 0 aliphatic rings. The smallest absolute Gasteiger partial charge is 0.344 e. The maximum Gasteiger partial charge on any atom is 0.431 e. The Morgan fingerprint density at radius 3 is 1.56 bits per heavy atom. The summed E-state index contributed by atoms with van der Waals surface area (Å²) in [7, 11) is -6.39. The van der Waals surface area contributed by atoms with Crippen LogP contribution in [0.25, 0.3) is 0 Å². The second-order valence-corrected chi connectivity index (χ2v) is 4.63. The van der Waals surface area contributed by atoms with Gasteiger partial charge in [0.1, 0.15) is 0 Å². The molecule has 0 fully saturated rings. The fourth-order valence-electron chi connectivity index (χ4n) is 0.845. The number of hydrogen-bond donors (Lipinski definition) is 2. The molecule has 4 N–H and O–H groups in total. The minimum absolute atomic E-state index is 0. The largest absolute Gasteiger partial charge is 0.431 e. The molecule has 0 radical (unpaired) electrons. The van der Waals surface area contributed by atoms with E-state index in [9.17, 15) is 39.2 Å². The molecule has 0 bridgehead atoms. The first-order valence-corrected chi connectivity index (χ1v) is 5.44. The van der Waals surface area contributed by atoms with E-state index >= 15 is 0 Å². The lowest BCUT2D eigenvalue weighted by Crippen LogP contribution is -2.46. The van der Waals surface area contributed by atoms with Crippen LogP contribution in [0.15, 0.2) is 0 Å². The molecule has 112 valence electrons. The number of rotatable bonds is 5. The van der Waals surface area contributed by atoms with E-state index < -0.39 is 46.7 Å². The summed E-state index contributed by atoms with van der Waals surface area (Å²) in [5.74, 6) is -5.27. The first-order chi connectivity index (χ1) is 7.21. The van der Waals surface area contributed by atoms with Crippen LogP contribution in [0.2, 0.25) is 0 Å². The van der Waals surface area contributed by atoms with E-state index in [1.807, 2.05) is 0 Å². The van der Waals surface area contributed by atoms with Crippen molar-refractivity contribution in [3.05, 3.63) is 0 Å². The average Bonchev–Trinajstić information content (AvgIpc) is 1.98. The van der Waals surface area contributed by atoms with Crippen molar-refractivity contribution in [2.45, 2.75) is 36.6 Å². The highest BCUT2D eigenvalue weighted by Gasteiger charge is 2.65. The molecule has 0 aromatic carbocycles. The van der Waals surface area contributed by atoms with Gasteiger partial charge in [0.2, 0.25) is 0 Å². The van der Waals surface area contributed by atoms with Crippen molar-refractivity contribution < 1.29 is 43.7 Å². The Morgan fingerprint density at radius 1 is 0.889 bits per heavy atom. The van der Waals surface area contributed by atoms with Crippen LogP contribution in [0.5, 0.6) is 0 Å². The Kier molecular flexibility index (Phi) is 6.10. The van der Waals surface area contributed by atoms with Crippen LogP contribution in [0.4, 0.5) is 30.7 Å². The average molecular weight is 309 g/mol. The van der Waals surface area contributed by atoms with Gasteiger partial charge in [-0.25, -0.2) is 0 Å². The van der Waals surface area contributed by atoms with Gasteiger partial charge in [-0.3, -0.25) is 4.55 Å². The summed E-state index contributed by atoms with van der Waals surface area (Å²) in [5, 5.41) is -5.81. The molecule has 0 spiro atoms. The Labute approximate surface area is 97.5 Å². The summed E-state index contributed by atoms with van der Waals surface area (Å²) in [6.45, 7) is 0. The molecule has 0 aromatic rings. The van der Waals surface area contributed by atoms with Gasteiger partial charge in [0.05, 0.1) is 0 Å². The normalized spacial score (nSPS) is 14.2. The SMILES string of the molecule is N.O=S(=O)(O)C(F)(F)C(F)(F)CCCC(F)(F)F. The van der Waals surface area contributed by atoms with Crippen LogP contribution in [0.1, 0.15) is 19.3 Å². The quantitative estimate of drug-likeness (QED) is 0.603. The van der Waals surface area contributed by atoms with Crippen molar-refractivity contribution in [3.8, 4) is 0 Å². The molecule has 0 aliphatic heterocycles. The summed E-state index contributed by atoms with van der Waals surface area (Å²) in [5.41, 5.74) is 0. The number of alkyl halides is 7. The molecule has 4 nitrogen and oxygen atoms in total. The molecule has 0 saturated carbocycles. The molecule has 0 aromatic heterocycles. The second-order valence-electron chi connectivity index (χ2n) is 3.17. The van der Waals surface area contributed by atoms with E-state index in [4.69, 9.17) is 4.55 Å². The zero-order chi connectivity index (χ0) is 14.1. The molecule has 18 heavy (non-hydrogen) atoms. The van der Waals surface area contributed by atoms with Gasteiger partial charge >= 0.3 is 27.5 Å². The van der Waals surface area contributed by atoms with E-state index in [0.29, 0.717) is 0 Å². The van der Waals surface area contributed by atoms with Crippen molar-refractivity contribution in [2.24, 2.45) is 0 Å². The van der Waals surface area contributed by atoms with Gasteiger partial charge in [-0.15, -0.1) is 0 Å². The minimum atomic E-state index is -6.39. The Morgan fingerprint density at radius 2 is 1.28 bits per heavy atom. The molecule has 0 saturated heterocycles. The molecule has 0 amide bonds. The summed E-state index contributed by atoms with van der Waals surface area (Å²) in [6.07, 6.45) is -9.98. The van der Waals surface area contributed by atoms with Gasteiger partial charge in [0, 0.05) is 12.8 Å². The molecule has 0 heterocycles. The summed E-state index contributed by atoms with van der Waals surface area (Å²) >= 11 is 0. The first kappa shape index (κ1) is 19.7. The van der Waals surface area contributed by atoms with Crippen LogP contribution in [0, 0.1) is 0 Å². The Bertz CT molecular complexity index is 364. The summed E-state index contributed by atoms with van der Waals surface area (Å²) in [4.78, 5) is 0. The highest BCUT2D eigenvalue weighted by molar-refractivity contribution is 7.87. The lowest BCUT2D eigenvalue weighted by Gasteiger charge is -2.23. The van der Waals surface area contributed by atoms with E-state index in [1.165, 1.54) is 0 Å². The van der Waals surface area contributed by atoms with E-state index in [1.54, 1.807) is 0 Å². The van der Waals surface area contributed by atoms with Crippen molar-refractivity contribution in [2.75, 3.05) is 0 Å². The zero-order valence-corrected chi connectivity index (χ0v) is 9.46. The van der Waals surface area contributed by atoms with E-state index in [0.717, 1.165) is 0 Å². The van der Waals surface area contributed by atoms with Crippen molar-refractivity contribution in [1.29, 1.82) is 0 Å². The molecule has 0 atom stereocenters. The third kappa shape index (κ3) is 4.94. The van der Waals surface area contributed by atoms with Crippen LogP contribution in [-0.4, -0.2) is 30.3 Å². The lowest BCUT2D eigenvalue weighted by molar-refractivity contribution is -0.173. The van der Waals surface area contributed by atoms with Crippen LogP contribution in [-0.2, 0) is 10.1 Å². The Balaban J connectivity index is 0. The third-order valence-electron chi connectivity index (χ3n) is 1.70. The highest BCUT2D eigenvalue weighted by Crippen LogP contribution is 2.42. The van der Waals surface area contributed by atoms with Crippen LogP contribution >= 0.6 is 0 Å². The molecular formula is C6H10F7NO3S. The molecule has 12 heteroatoms. The predicted molar refractivity (Wildman–Crippen MR) is 46.4 cm³/mol. The predicted octanol–water partition coefficient (Wildman–Crippen LogP) is 3.00. The Hall–Kier alpha value is -0.620. The topological polar surface area (TPSA) is 89.4 Å². The first-order valence-electron chi connectivity index (χ1n) is 4.00. The standard InChI is InChI=1S/C6H7F7O3S.H3N/c7-4(8,2-1-3-5(9,10)11)6(12,13)17(14,15)16;/h1-3H2,(H,14,15,16);1H3. The van der Waals surface area contributed by atoms with Crippen molar-refractivity contribution in [1.82, 2.24) is 6.15 Å². The second kappa shape index (κ2) is 5.57. The maximum atomic E-state index is 12.6. The maximum absolute atomic E-state index is 12.6. The number of hydrogen-bond acceptors (Lipinski definition) is 3.